The molecule has 26 heavy (non-hydrogen) atoms. The van der Waals surface area contributed by atoms with E-state index < -0.39 is 9.84 Å². The Morgan fingerprint density at radius 3 is 2.54 bits per heavy atom. The molecular formula is C19H23ClN2O3S. The highest BCUT2D eigenvalue weighted by atomic mass is 35.5. The number of carbonyl (C=O) groups excluding carboxylic acids is 1. The molecule has 0 saturated carbocycles. The van der Waals surface area contributed by atoms with Gasteiger partial charge in [-0.2, -0.15) is 0 Å². The largest absolute Gasteiger partial charge is 0.370 e. The lowest BCUT2D eigenvalue weighted by atomic mass is 10.2. The van der Waals surface area contributed by atoms with Gasteiger partial charge in [0, 0.05) is 37.1 Å². The molecule has 0 aliphatic heterocycles. The second-order valence-electron chi connectivity index (χ2n) is 6.09. The van der Waals surface area contributed by atoms with Crippen LogP contribution in [0.1, 0.15) is 22.8 Å². The summed E-state index contributed by atoms with van der Waals surface area (Å²) in [5.41, 5.74) is 2.56. The highest BCUT2D eigenvalue weighted by molar-refractivity contribution is 7.90. The minimum absolute atomic E-state index is 0.0400. The van der Waals surface area contributed by atoms with Gasteiger partial charge in [-0.3, -0.25) is 4.79 Å². The maximum absolute atomic E-state index is 12.3. The topological polar surface area (TPSA) is 66.5 Å². The van der Waals surface area contributed by atoms with Crippen LogP contribution in [0.2, 0.25) is 5.02 Å². The Morgan fingerprint density at radius 1 is 1.19 bits per heavy atom. The van der Waals surface area contributed by atoms with Crippen molar-refractivity contribution >= 4 is 33.0 Å². The first-order chi connectivity index (χ1) is 12.2. The molecule has 1 amide bonds. The lowest BCUT2D eigenvalue weighted by molar-refractivity contribution is 0.0954. The molecule has 0 radical (unpaired) electrons. The van der Waals surface area contributed by atoms with E-state index >= 15 is 0 Å². The molecule has 0 unspecified atom stereocenters. The SMILES string of the molecule is CCN(CCNC(=O)c1ccc(Cl)c(S(C)(=O)=O)c1)c1cccc(C)c1. The van der Waals surface area contributed by atoms with Crippen LogP contribution in [0.3, 0.4) is 0 Å². The van der Waals surface area contributed by atoms with E-state index in [0.29, 0.717) is 13.1 Å². The number of carbonyl (C=O) groups is 1. The Morgan fingerprint density at radius 2 is 1.92 bits per heavy atom. The van der Waals surface area contributed by atoms with E-state index in [9.17, 15) is 13.2 Å². The quantitative estimate of drug-likeness (QED) is 0.782. The molecule has 0 aromatic heterocycles. The number of nitrogens with one attached hydrogen (secondary N) is 1. The van der Waals surface area contributed by atoms with Crippen LogP contribution < -0.4 is 10.2 Å². The van der Waals surface area contributed by atoms with Crippen molar-refractivity contribution in [1.82, 2.24) is 5.32 Å². The molecular weight excluding hydrogens is 372 g/mol. The highest BCUT2D eigenvalue weighted by Gasteiger charge is 2.16. The van der Waals surface area contributed by atoms with E-state index in [1.807, 2.05) is 25.1 Å². The van der Waals surface area contributed by atoms with Gasteiger partial charge in [0.2, 0.25) is 0 Å². The van der Waals surface area contributed by atoms with E-state index in [4.69, 9.17) is 11.6 Å². The Kier molecular flexibility index (Phi) is 6.67. The standard InChI is InChI=1S/C19H23ClN2O3S/c1-4-22(16-7-5-6-14(2)12-16)11-10-21-19(23)15-8-9-17(20)18(13-15)26(3,24)25/h5-9,12-13H,4,10-11H2,1-3H3,(H,21,23). The lowest BCUT2D eigenvalue weighted by Crippen LogP contribution is -2.35. The number of aryl methyl sites for hydroxylation is 1. The van der Waals surface area contributed by atoms with E-state index in [0.717, 1.165) is 18.5 Å². The van der Waals surface area contributed by atoms with Gasteiger partial charge in [-0.15, -0.1) is 0 Å². The molecule has 0 aliphatic carbocycles. The van der Waals surface area contributed by atoms with Crippen molar-refractivity contribution in [3.63, 3.8) is 0 Å². The molecule has 0 aliphatic rings. The van der Waals surface area contributed by atoms with Crippen molar-refractivity contribution in [1.29, 1.82) is 0 Å². The summed E-state index contributed by atoms with van der Waals surface area (Å²) in [4.78, 5) is 14.5. The summed E-state index contributed by atoms with van der Waals surface area (Å²) >= 11 is 5.91. The second kappa shape index (κ2) is 8.56. The first kappa shape index (κ1) is 20.3. The van der Waals surface area contributed by atoms with E-state index in [2.05, 4.69) is 23.2 Å². The highest BCUT2D eigenvalue weighted by Crippen LogP contribution is 2.22. The first-order valence-electron chi connectivity index (χ1n) is 8.31. The molecule has 2 aromatic carbocycles. The summed E-state index contributed by atoms with van der Waals surface area (Å²) in [6.07, 6.45) is 1.07. The summed E-state index contributed by atoms with van der Waals surface area (Å²) in [7, 11) is -3.49. The average Bonchev–Trinajstić information content (AvgIpc) is 2.58. The number of rotatable bonds is 7. The molecule has 2 rings (SSSR count). The Balaban J connectivity index is 2.02. The first-order valence-corrected chi connectivity index (χ1v) is 10.6. The number of hydrogen-bond donors (Lipinski definition) is 1. The fraction of sp³-hybridized carbons (Fsp3) is 0.316. The van der Waals surface area contributed by atoms with Gasteiger partial charge in [0.05, 0.1) is 9.92 Å². The van der Waals surface area contributed by atoms with Crippen LogP contribution >= 0.6 is 11.6 Å². The fourth-order valence-corrected chi connectivity index (χ4v) is 3.93. The van der Waals surface area contributed by atoms with Crippen LogP contribution in [0.5, 0.6) is 0 Å². The van der Waals surface area contributed by atoms with Gasteiger partial charge in [-0.1, -0.05) is 23.7 Å². The maximum Gasteiger partial charge on any atom is 0.251 e. The predicted octanol–water partition coefficient (Wildman–Crippen LogP) is 3.31. The molecule has 7 heteroatoms. The van der Waals surface area contributed by atoms with Gasteiger partial charge < -0.3 is 10.2 Å². The van der Waals surface area contributed by atoms with Crippen molar-refractivity contribution in [3.05, 3.63) is 58.6 Å². The van der Waals surface area contributed by atoms with Crippen LogP contribution in [0.4, 0.5) is 5.69 Å². The number of halogens is 1. The zero-order valence-corrected chi connectivity index (χ0v) is 16.7. The summed E-state index contributed by atoms with van der Waals surface area (Å²) in [6, 6.07) is 12.4. The number of anilines is 1. The minimum Gasteiger partial charge on any atom is -0.370 e. The maximum atomic E-state index is 12.3. The van der Waals surface area contributed by atoms with Gasteiger partial charge in [0.25, 0.3) is 5.91 Å². The van der Waals surface area contributed by atoms with Crippen molar-refractivity contribution in [2.45, 2.75) is 18.7 Å². The second-order valence-corrected chi connectivity index (χ2v) is 8.48. The lowest BCUT2D eigenvalue weighted by Gasteiger charge is -2.23. The molecule has 5 nitrogen and oxygen atoms in total. The van der Waals surface area contributed by atoms with Crippen LogP contribution in [0.15, 0.2) is 47.4 Å². The smallest absolute Gasteiger partial charge is 0.251 e. The summed E-state index contributed by atoms with van der Waals surface area (Å²) in [5.74, 6) is -0.327. The average molecular weight is 395 g/mol. The number of amides is 1. The Bertz CT molecular complexity index is 897. The molecule has 0 saturated heterocycles. The summed E-state index contributed by atoms with van der Waals surface area (Å²) in [6.45, 7) is 6.01. The normalized spacial score (nSPS) is 11.2. The summed E-state index contributed by atoms with van der Waals surface area (Å²) in [5, 5.41) is 2.94. The van der Waals surface area contributed by atoms with Crippen molar-refractivity contribution in [2.24, 2.45) is 0 Å². The van der Waals surface area contributed by atoms with Crippen molar-refractivity contribution in [3.8, 4) is 0 Å². The van der Waals surface area contributed by atoms with Crippen LogP contribution in [0, 0.1) is 6.92 Å². The zero-order chi connectivity index (χ0) is 19.3. The number of benzene rings is 2. The number of sulfone groups is 1. The number of likely N-dealkylation sites (N-methyl/N-ethyl adjacent to an activating group) is 1. The molecule has 140 valence electrons. The molecule has 0 heterocycles. The van der Waals surface area contributed by atoms with Gasteiger partial charge in [-0.25, -0.2) is 8.42 Å². The fourth-order valence-electron chi connectivity index (χ4n) is 2.63. The Hall–Kier alpha value is -2.05. The monoisotopic (exact) mass is 394 g/mol. The third-order valence-corrected chi connectivity index (χ3v) is 5.59. The molecule has 0 fully saturated rings. The predicted molar refractivity (Wildman–Crippen MR) is 106 cm³/mol. The molecule has 1 N–H and O–H groups in total. The van der Waals surface area contributed by atoms with E-state index in [1.165, 1.54) is 23.8 Å². The third-order valence-electron chi connectivity index (χ3n) is 4.01. The van der Waals surface area contributed by atoms with E-state index in [-0.39, 0.29) is 21.4 Å². The van der Waals surface area contributed by atoms with Crippen LogP contribution in [0.25, 0.3) is 0 Å². The molecule has 0 atom stereocenters. The van der Waals surface area contributed by atoms with Gasteiger partial charge in [0.15, 0.2) is 9.84 Å². The van der Waals surface area contributed by atoms with Crippen LogP contribution in [-0.4, -0.2) is 40.2 Å². The van der Waals surface area contributed by atoms with Crippen LogP contribution in [-0.2, 0) is 9.84 Å². The van der Waals surface area contributed by atoms with Gasteiger partial charge in [-0.05, 0) is 49.7 Å². The third kappa shape index (κ3) is 5.22. The van der Waals surface area contributed by atoms with Gasteiger partial charge in [0.1, 0.15) is 0 Å². The number of nitrogens with zero attached hydrogens (tertiary/aromatic N) is 1. The van der Waals surface area contributed by atoms with Crippen molar-refractivity contribution in [2.75, 3.05) is 30.8 Å². The van der Waals surface area contributed by atoms with E-state index in [1.54, 1.807) is 0 Å². The number of hydrogen-bond acceptors (Lipinski definition) is 4. The minimum atomic E-state index is -3.49. The zero-order valence-electron chi connectivity index (χ0n) is 15.1. The van der Waals surface area contributed by atoms with Crippen molar-refractivity contribution < 1.29 is 13.2 Å². The molecule has 2 aromatic rings. The van der Waals surface area contributed by atoms with Gasteiger partial charge >= 0.3 is 0 Å². The molecule has 0 bridgehead atoms. The summed E-state index contributed by atoms with van der Waals surface area (Å²) < 4.78 is 23.5. The Labute approximate surface area is 159 Å². The molecule has 0 spiro atoms.